The summed E-state index contributed by atoms with van der Waals surface area (Å²) in [7, 11) is 4.53. The molecule has 0 atom stereocenters. The third-order valence-corrected chi connectivity index (χ3v) is 2.92. The predicted molar refractivity (Wildman–Crippen MR) is 49.2 cm³/mol. The highest BCUT2D eigenvalue weighted by Gasteiger charge is 1.88. The summed E-state index contributed by atoms with van der Waals surface area (Å²) in [6, 6.07) is 1.49. The van der Waals surface area contributed by atoms with Crippen LogP contribution < -0.4 is 0 Å². The highest BCUT2D eigenvalue weighted by Crippen LogP contribution is 1.92. The van der Waals surface area contributed by atoms with Crippen LogP contribution in [0.25, 0.3) is 0 Å². The molecule has 3 heteroatoms. The van der Waals surface area contributed by atoms with Crippen LogP contribution in [-0.4, -0.2) is 28.3 Å². The minimum absolute atomic E-state index is 0. The van der Waals surface area contributed by atoms with Gasteiger partial charge in [0, 0.05) is 0 Å². The lowest BCUT2D eigenvalue weighted by molar-refractivity contribution is 0.651. The van der Waals surface area contributed by atoms with Crippen molar-refractivity contribution in [1.29, 1.82) is 0 Å². The van der Waals surface area contributed by atoms with Crippen molar-refractivity contribution in [3.05, 3.63) is 0 Å². The molecule has 0 aliphatic rings. The first-order valence-corrected chi connectivity index (χ1v) is 5.05. The predicted octanol–water partition coefficient (Wildman–Crippen LogP) is 1.27. The molecule has 0 aliphatic carbocycles. The zero-order valence-electron chi connectivity index (χ0n) is 6.68. The summed E-state index contributed by atoms with van der Waals surface area (Å²) in [6.07, 6.45) is 2.80. The Labute approximate surface area is 67.1 Å². The van der Waals surface area contributed by atoms with Crippen LogP contribution in [0, 0.1) is 0 Å². The molecule has 1 nitrogen and oxygen atoms in total. The molecule has 0 bridgehead atoms. The minimum Gasteiger partial charge on any atom is -0.334 e. The number of rotatable bonds is 4. The summed E-state index contributed by atoms with van der Waals surface area (Å²) in [5, 5.41) is 0. The lowest BCUT2D eigenvalue weighted by Crippen LogP contribution is -2.16. The summed E-state index contributed by atoms with van der Waals surface area (Å²) in [4.78, 5) is 0. The molecule has 0 aliphatic heterocycles. The van der Waals surface area contributed by atoms with Crippen LogP contribution >= 0.6 is 12.4 Å². The quantitative estimate of drug-likeness (QED) is 0.451. The third-order valence-electron chi connectivity index (χ3n) is 1.21. The summed E-state index contributed by atoms with van der Waals surface area (Å²) < 4.78 is 2.37. The van der Waals surface area contributed by atoms with Gasteiger partial charge >= 0.3 is 0 Å². The number of halogens is 1. The van der Waals surface area contributed by atoms with Crippen LogP contribution in [0.1, 0.15) is 19.8 Å². The van der Waals surface area contributed by atoms with E-state index in [1.807, 2.05) is 0 Å². The van der Waals surface area contributed by atoms with Crippen LogP contribution in [-0.2, 0) is 0 Å². The third kappa shape index (κ3) is 11.8. The SMILES string of the molecule is CCCC[SiH2]N(C)C.Cl. The summed E-state index contributed by atoms with van der Waals surface area (Å²) in [6.45, 7) is 2.25. The van der Waals surface area contributed by atoms with Crippen molar-refractivity contribution in [3.8, 4) is 0 Å². The van der Waals surface area contributed by atoms with Crippen molar-refractivity contribution < 1.29 is 0 Å². The minimum atomic E-state index is 0. The normalized spacial score (nSPS) is 10.7. The Morgan fingerprint density at radius 2 is 1.89 bits per heavy atom. The molecule has 0 spiro atoms. The maximum atomic E-state index is 2.37. The highest BCUT2D eigenvalue weighted by molar-refractivity contribution is 6.31. The van der Waals surface area contributed by atoms with Crippen molar-refractivity contribution in [1.82, 2.24) is 4.57 Å². The lowest BCUT2D eigenvalue weighted by Gasteiger charge is -2.05. The Balaban J connectivity index is 0. The first-order valence-electron chi connectivity index (χ1n) is 3.42. The molecule has 0 aromatic rings. The maximum Gasteiger partial charge on any atom is 0.0943 e. The summed E-state index contributed by atoms with van der Waals surface area (Å²) in [5.74, 6) is 0. The average Bonchev–Trinajstić information content (AvgIpc) is 1.66. The van der Waals surface area contributed by atoms with Crippen molar-refractivity contribution in [2.45, 2.75) is 25.8 Å². The Morgan fingerprint density at radius 1 is 1.33 bits per heavy atom. The molecular weight excluding hydrogens is 150 g/mol. The van der Waals surface area contributed by atoms with Crippen molar-refractivity contribution in [2.24, 2.45) is 0 Å². The van der Waals surface area contributed by atoms with Crippen LogP contribution in [0.5, 0.6) is 0 Å². The van der Waals surface area contributed by atoms with Crippen LogP contribution in [0.2, 0.25) is 6.04 Å². The van der Waals surface area contributed by atoms with Crippen molar-refractivity contribution in [3.63, 3.8) is 0 Å². The molecule has 0 heterocycles. The van der Waals surface area contributed by atoms with E-state index < -0.39 is 0 Å². The zero-order valence-corrected chi connectivity index (χ0v) is 8.91. The van der Waals surface area contributed by atoms with Crippen molar-refractivity contribution in [2.75, 3.05) is 14.1 Å². The van der Waals surface area contributed by atoms with Crippen LogP contribution in [0.3, 0.4) is 0 Å². The molecule has 0 fully saturated rings. The second-order valence-electron chi connectivity index (χ2n) is 2.51. The summed E-state index contributed by atoms with van der Waals surface area (Å²) in [5.41, 5.74) is 0. The molecule has 0 saturated heterocycles. The molecule has 0 amide bonds. The van der Waals surface area contributed by atoms with Gasteiger partial charge in [-0.25, -0.2) is 0 Å². The van der Waals surface area contributed by atoms with Gasteiger partial charge in [0.2, 0.25) is 0 Å². The van der Waals surface area contributed by atoms with Crippen molar-refractivity contribution >= 4 is 22.1 Å². The number of hydrogen-bond donors (Lipinski definition) is 0. The van der Waals surface area contributed by atoms with E-state index in [0.29, 0.717) is 0 Å². The van der Waals surface area contributed by atoms with Gasteiger partial charge < -0.3 is 4.57 Å². The van der Waals surface area contributed by atoms with Gasteiger partial charge in [-0.05, 0) is 20.1 Å². The largest absolute Gasteiger partial charge is 0.334 e. The van der Waals surface area contributed by atoms with Gasteiger partial charge in [0.15, 0.2) is 0 Å². The molecule has 0 aromatic carbocycles. The molecule has 58 valence electrons. The van der Waals surface area contributed by atoms with Gasteiger partial charge in [-0.2, -0.15) is 0 Å². The molecule has 0 rings (SSSR count). The topological polar surface area (TPSA) is 3.24 Å². The Kier molecular flexibility index (Phi) is 11.5. The standard InChI is InChI=1S/C6H17NSi.ClH/c1-4-5-6-8-7(2)3;/h4-6,8H2,1-3H3;1H. The zero-order chi connectivity index (χ0) is 6.41. The Hall–Kier alpha value is 0.467. The van der Waals surface area contributed by atoms with Crippen LogP contribution in [0.4, 0.5) is 0 Å². The lowest BCUT2D eigenvalue weighted by atomic mass is 10.4. The highest BCUT2D eigenvalue weighted by atomic mass is 35.5. The number of nitrogens with zero attached hydrogens (tertiary/aromatic N) is 1. The average molecular weight is 168 g/mol. The maximum absolute atomic E-state index is 2.37. The molecule has 0 N–H and O–H groups in total. The van der Waals surface area contributed by atoms with Gasteiger partial charge in [0.1, 0.15) is 0 Å². The van der Waals surface area contributed by atoms with E-state index in [1.165, 1.54) is 18.9 Å². The van der Waals surface area contributed by atoms with Crippen LogP contribution in [0.15, 0.2) is 0 Å². The second kappa shape index (κ2) is 8.47. The van der Waals surface area contributed by atoms with E-state index in [2.05, 4.69) is 25.6 Å². The van der Waals surface area contributed by atoms with Gasteiger partial charge in [-0.3, -0.25) is 0 Å². The Morgan fingerprint density at radius 3 is 2.22 bits per heavy atom. The molecule has 0 saturated carbocycles. The van der Waals surface area contributed by atoms with Gasteiger partial charge in [-0.15, -0.1) is 12.4 Å². The summed E-state index contributed by atoms with van der Waals surface area (Å²) >= 11 is 0. The monoisotopic (exact) mass is 167 g/mol. The first-order chi connectivity index (χ1) is 3.77. The van der Waals surface area contributed by atoms with Gasteiger partial charge in [0.05, 0.1) is 9.68 Å². The van der Waals surface area contributed by atoms with E-state index in [-0.39, 0.29) is 22.1 Å². The van der Waals surface area contributed by atoms with E-state index in [9.17, 15) is 0 Å². The van der Waals surface area contributed by atoms with E-state index >= 15 is 0 Å². The van der Waals surface area contributed by atoms with Gasteiger partial charge in [-0.1, -0.05) is 19.8 Å². The van der Waals surface area contributed by atoms with E-state index in [1.54, 1.807) is 0 Å². The second-order valence-corrected chi connectivity index (χ2v) is 4.93. The molecule has 0 aromatic heterocycles. The fraction of sp³-hybridized carbons (Fsp3) is 1.00. The smallest absolute Gasteiger partial charge is 0.0943 e. The number of unbranched alkanes of at least 4 members (excludes halogenated alkanes) is 1. The van der Waals surface area contributed by atoms with E-state index in [0.717, 1.165) is 0 Å². The van der Waals surface area contributed by atoms with E-state index in [4.69, 9.17) is 0 Å². The number of hydrogen-bond acceptors (Lipinski definition) is 1. The fourth-order valence-electron chi connectivity index (χ4n) is 0.678. The first kappa shape index (κ1) is 12.2. The molecule has 0 radical (unpaired) electrons. The molecule has 9 heavy (non-hydrogen) atoms. The molecular formula is C6H18ClNSi. The Bertz CT molecular complexity index is 50.3. The molecule has 0 unspecified atom stereocenters. The van der Waals surface area contributed by atoms with Gasteiger partial charge in [0.25, 0.3) is 0 Å². The fourth-order valence-corrected chi connectivity index (χ4v) is 2.03.